The van der Waals surface area contributed by atoms with Gasteiger partial charge in [0.1, 0.15) is 0 Å². The molecule has 118 valence electrons. The van der Waals surface area contributed by atoms with Gasteiger partial charge in [-0.05, 0) is 32.0 Å². The van der Waals surface area contributed by atoms with E-state index in [1.54, 1.807) is 25.3 Å². The molecule has 0 heterocycles. The van der Waals surface area contributed by atoms with Gasteiger partial charge in [-0.25, -0.2) is 0 Å². The lowest BCUT2D eigenvalue weighted by Crippen LogP contribution is -2.31. The molecule has 0 fully saturated rings. The van der Waals surface area contributed by atoms with Crippen LogP contribution in [0, 0.1) is 0 Å². The highest BCUT2D eigenvalue weighted by atomic mass is 79.9. The summed E-state index contributed by atoms with van der Waals surface area (Å²) in [5.74, 6) is 1.08. The van der Waals surface area contributed by atoms with Crippen LogP contribution in [0.1, 0.15) is 24.2 Å². The van der Waals surface area contributed by atoms with E-state index in [0.29, 0.717) is 43.4 Å². The fourth-order valence-corrected chi connectivity index (χ4v) is 2.16. The Morgan fingerprint density at radius 1 is 1.24 bits per heavy atom. The van der Waals surface area contributed by atoms with Crippen LogP contribution in [0.3, 0.4) is 0 Å². The Morgan fingerprint density at radius 2 is 1.90 bits per heavy atom. The fourth-order valence-electron chi connectivity index (χ4n) is 1.74. The molecule has 1 atom stereocenters. The highest BCUT2D eigenvalue weighted by Gasteiger charge is 2.12. The number of amides is 1. The van der Waals surface area contributed by atoms with E-state index >= 15 is 0 Å². The highest BCUT2D eigenvalue weighted by Crippen LogP contribution is 2.28. The van der Waals surface area contributed by atoms with Gasteiger partial charge in [0.25, 0.3) is 5.91 Å². The minimum Gasteiger partial charge on any atom is -0.490 e. The summed E-state index contributed by atoms with van der Waals surface area (Å²) >= 11 is 3.43. The zero-order valence-electron chi connectivity index (χ0n) is 12.6. The van der Waals surface area contributed by atoms with E-state index in [0.717, 1.165) is 0 Å². The minimum absolute atomic E-state index is 0.0838. The summed E-state index contributed by atoms with van der Waals surface area (Å²) < 4.78 is 16.0. The lowest BCUT2D eigenvalue weighted by molar-refractivity contribution is 0.0949. The summed E-state index contributed by atoms with van der Waals surface area (Å²) in [5, 5.41) is 2.84. The fraction of sp³-hybridized carbons (Fsp3) is 0.533. The number of rotatable bonds is 9. The molecular weight excluding hydrogens is 338 g/mol. The third-order valence-electron chi connectivity index (χ3n) is 2.64. The van der Waals surface area contributed by atoms with Crippen LogP contribution in [-0.2, 0) is 4.74 Å². The molecule has 1 aromatic carbocycles. The maximum atomic E-state index is 12.1. The Labute approximate surface area is 134 Å². The molecule has 0 spiro atoms. The van der Waals surface area contributed by atoms with E-state index in [-0.39, 0.29) is 10.7 Å². The maximum Gasteiger partial charge on any atom is 0.251 e. The Bertz CT molecular complexity index is 453. The summed E-state index contributed by atoms with van der Waals surface area (Å²) in [4.78, 5) is 12.2. The van der Waals surface area contributed by atoms with Gasteiger partial charge < -0.3 is 19.5 Å². The number of ether oxygens (including phenoxy) is 3. The monoisotopic (exact) mass is 359 g/mol. The number of hydrogen-bond acceptors (Lipinski definition) is 4. The molecule has 21 heavy (non-hydrogen) atoms. The number of alkyl halides is 1. The number of carbonyl (C=O) groups is 1. The van der Waals surface area contributed by atoms with Gasteiger partial charge in [0, 0.05) is 19.2 Å². The molecule has 0 saturated heterocycles. The van der Waals surface area contributed by atoms with Crippen molar-refractivity contribution in [3.63, 3.8) is 0 Å². The van der Waals surface area contributed by atoms with Gasteiger partial charge in [-0.15, -0.1) is 0 Å². The SMILES string of the molecule is CCOc1ccc(C(=O)NCC(Br)COC)cc1OCC. The van der Waals surface area contributed by atoms with Crippen molar-refractivity contribution in [2.45, 2.75) is 18.7 Å². The number of carbonyl (C=O) groups excluding carboxylic acids is 1. The maximum absolute atomic E-state index is 12.1. The molecule has 1 amide bonds. The molecular formula is C15H22BrNO4. The van der Waals surface area contributed by atoms with E-state index in [4.69, 9.17) is 14.2 Å². The van der Waals surface area contributed by atoms with Gasteiger partial charge in [0.15, 0.2) is 11.5 Å². The largest absolute Gasteiger partial charge is 0.490 e. The standard InChI is InChI=1S/C15H22BrNO4/c1-4-20-13-7-6-11(8-14(13)21-5-2)15(18)17-9-12(16)10-19-3/h6-8,12H,4-5,9-10H2,1-3H3,(H,17,18). The van der Waals surface area contributed by atoms with E-state index in [1.165, 1.54) is 0 Å². The lowest BCUT2D eigenvalue weighted by atomic mass is 10.2. The molecule has 0 saturated carbocycles. The predicted molar refractivity (Wildman–Crippen MR) is 85.7 cm³/mol. The predicted octanol–water partition coefficient (Wildman–Crippen LogP) is 2.62. The van der Waals surface area contributed by atoms with Gasteiger partial charge in [-0.2, -0.15) is 0 Å². The first-order chi connectivity index (χ1) is 10.1. The van der Waals surface area contributed by atoms with Crippen molar-refractivity contribution < 1.29 is 19.0 Å². The summed E-state index contributed by atoms with van der Waals surface area (Å²) in [7, 11) is 1.62. The second-order valence-corrected chi connectivity index (χ2v) is 5.59. The van der Waals surface area contributed by atoms with Crippen LogP contribution in [-0.4, -0.2) is 44.2 Å². The Balaban J connectivity index is 2.73. The van der Waals surface area contributed by atoms with Crippen molar-refractivity contribution in [1.82, 2.24) is 5.32 Å². The molecule has 1 N–H and O–H groups in total. The molecule has 0 aromatic heterocycles. The van der Waals surface area contributed by atoms with Crippen molar-refractivity contribution in [1.29, 1.82) is 0 Å². The average Bonchev–Trinajstić information content (AvgIpc) is 2.47. The average molecular weight is 360 g/mol. The zero-order valence-corrected chi connectivity index (χ0v) is 14.2. The number of hydrogen-bond donors (Lipinski definition) is 1. The first-order valence-corrected chi connectivity index (χ1v) is 7.84. The van der Waals surface area contributed by atoms with Gasteiger partial charge in [0.05, 0.1) is 24.6 Å². The van der Waals surface area contributed by atoms with Gasteiger partial charge >= 0.3 is 0 Å². The highest BCUT2D eigenvalue weighted by molar-refractivity contribution is 9.09. The van der Waals surface area contributed by atoms with E-state index < -0.39 is 0 Å². The van der Waals surface area contributed by atoms with Crippen molar-refractivity contribution >= 4 is 21.8 Å². The molecule has 0 radical (unpaired) electrons. The second kappa shape index (κ2) is 9.63. The topological polar surface area (TPSA) is 56.8 Å². The quantitative estimate of drug-likeness (QED) is 0.688. The van der Waals surface area contributed by atoms with Crippen LogP contribution in [0.2, 0.25) is 0 Å². The van der Waals surface area contributed by atoms with Gasteiger partial charge in [-0.1, -0.05) is 15.9 Å². The molecule has 5 nitrogen and oxygen atoms in total. The molecule has 0 aliphatic heterocycles. The molecule has 1 aromatic rings. The first kappa shape index (κ1) is 17.8. The number of benzene rings is 1. The smallest absolute Gasteiger partial charge is 0.251 e. The summed E-state index contributed by atoms with van der Waals surface area (Å²) in [6.45, 7) is 5.89. The molecule has 1 rings (SSSR count). The van der Waals surface area contributed by atoms with Crippen LogP contribution in [0.4, 0.5) is 0 Å². The minimum atomic E-state index is -0.153. The number of nitrogens with one attached hydrogen (secondary N) is 1. The van der Waals surface area contributed by atoms with Crippen LogP contribution in [0.5, 0.6) is 11.5 Å². The third kappa shape index (κ3) is 5.93. The third-order valence-corrected chi connectivity index (χ3v) is 3.23. The summed E-state index contributed by atoms with van der Waals surface area (Å²) in [6.07, 6.45) is 0. The van der Waals surface area contributed by atoms with Crippen molar-refractivity contribution in [2.75, 3.05) is 33.5 Å². The number of halogens is 1. The lowest BCUT2D eigenvalue weighted by Gasteiger charge is -2.13. The summed E-state index contributed by atoms with van der Waals surface area (Å²) in [5.41, 5.74) is 0.541. The summed E-state index contributed by atoms with van der Waals surface area (Å²) in [6, 6.07) is 5.18. The Morgan fingerprint density at radius 3 is 2.52 bits per heavy atom. The van der Waals surface area contributed by atoms with E-state index in [2.05, 4.69) is 21.2 Å². The van der Waals surface area contributed by atoms with Gasteiger partial charge in [-0.3, -0.25) is 4.79 Å². The zero-order chi connectivity index (χ0) is 15.7. The normalized spacial score (nSPS) is 11.8. The Kier molecular flexibility index (Phi) is 8.15. The molecule has 0 aliphatic carbocycles. The molecule has 1 unspecified atom stereocenters. The van der Waals surface area contributed by atoms with Crippen LogP contribution in [0.25, 0.3) is 0 Å². The van der Waals surface area contributed by atoms with Gasteiger partial charge in [0.2, 0.25) is 0 Å². The van der Waals surface area contributed by atoms with Crippen molar-refractivity contribution in [3.05, 3.63) is 23.8 Å². The Hall–Kier alpha value is -1.27. The van der Waals surface area contributed by atoms with Crippen molar-refractivity contribution in [2.24, 2.45) is 0 Å². The first-order valence-electron chi connectivity index (χ1n) is 6.93. The van der Waals surface area contributed by atoms with Crippen LogP contribution < -0.4 is 14.8 Å². The van der Waals surface area contributed by atoms with Crippen LogP contribution in [0.15, 0.2) is 18.2 Å². The number of methoxy groups -OCH3 is 1. The molecule has 0 aliphatic rings. The second-order valence-electron chi connectivity index (χ2n) is 4.29. The van der Waals surface area contributed by atoms with Crippen LogP contribution >= 0.6 is 15.9 Å². The molecule has 6 heteroatoms. The van der Waals surface area contributed by atoms with Crippen molar-refractivity contribution in [3.8, 4) is 11.5 Å². The van der Waals surface area contributed by atoms with E-state index in [1.807, 2.05) is 13.8 Å². The van der Waals surface area contributed by atoms with E-state index in [9.17, 15) is 4.79 Å². The molecule has 0 bridgehead atoms.